The summed E-state index contributed by atoms with van der Waals surface area (Å²) in [6.07, 6.45) is 3.73. The van der Waals surface area contributed by atoms with Crippen LogP contribution >= 0.6 is 0 Å². The maximum absolute atomic E-state index is 13.1. The number of amides is 1. The maximum atomic E-state index is 13.1. The summed E-state index contributed by atoms with van der Waals surface area (Å²) in [5, 5.41) is 11.2. The normalized spacial score (nSPS) is 14.4. The molecule has 4 rings (SSSR count). The third-order valence-corrected chi connectivity index (χ3v) is 5.03. The molecule has 0 saturated carbocycles. The average molecular weight is 410 g/mol. The largest absolute Gasteiger partial charge is 0.484 e. The molecule has 7 nitrogen and oxygen atoms in total. The highest BCUT2D eigenvalue weighted by molar-refractivity contribution is 5.77. The zero-order valence-electron chi connectivity index (χ0n) is 16.5. The molecule has 1 fully saturated rings. The van der Waals surface area contributed by atoms with Gasteiger partial charge in [0.2, 0.25) is 0 Å². The van der Waals surface area contributed by atoms with Gasteiger partial charge in [0.1, 0.15) is 17.3 Å². The molecular weight excluding hydrogens is 387 g/mol. The Bertz CT molecular complexity index is 967. The molecule has 0 atom stereocenters. The highest BCUT2D eigenvalue weighted by Gasteiger charge is 2.14. The molecule has 1 saturated heterocycles. The van der Waals surface area contributed by atoms with Crippen molar-refractivity contribution in [1.29, 1.82) is 0 Å². The molecule has 1 aliphatic heterocycles. The molecular formula is C22H23FN4O3. The Kier molecular flexibility index (Phi) is 6.34. The molecule has 2 heterocycles. The van der Waals surface area contributed by atoms with E-state index in [1.807, 2.05) is 12.1 Å². The Morgan fingerprint density at radius 3 is 2.60 bits per heavy atom. The number of benzene rings is 2. The molecule has 30 heavy (non-hydrogen) atoms. The Morgan fingerprint density at radius 1 is 1.13 bits per heavy atom. The van der Waals surface area contributed by atoms with Crippen LogP contribution in [0.25, 0.3) is 16.9 Å². The fraction of sp³-hybridized carbons (Fsp3) is 0.318. The zero-order chi connectivity index (χ0) is 20.8. The minimum absolute atomic E-state index is 0.0272. The molecule has 0 spiro atoms. The number of rotatable bonds is 7. The van der Waals surface area contributed by atoms with Gasteiger partial charge in [0.25, 0.3) is 5.91 Å². The van der Waals surface area contributed by atoms with Crippen molar-refractivity contribution >= 4 is 5.91 Å². The van der Waals surface area contributed by atoms with Gasteiger partial charge < -0.3 is 14.8 Å². The first-order valence-electron chi connectivity index (χ1n) is 9.93. The first kappa shape index (κ1) is 20.0. The van der Waals surface area contributed by atoms with Gasteiger partial charge in [-0.1, -0.05) is 5.21 Å². The van der Waals surface area contributed by atoms with Crippen molar-refractivity contribution in [3.05, 3.63) is 60.5 Å². The summed E-state index contributed by atoms with van der Waals surface area (Å²) in [7, 11) is 0. The second kappa shape index (κ2) is 9.49. The number of ether oxygens (including phenoxy) is 2. The van der Waals surface area contributed by atoms with Crippen molar-refractivity contribution in [3.8, 4) is 22.7 Å². The van der Waals surface area contributed by atoms with Crippen LogP contribution in [-0.4, -0.2) is 47.3 Å². The third-order valence-electron chi connectivity index (χ3n) is 5.03. The fourth-order valence-electron chi connectivity index (χ4n) is 3.25. The van der Waals surface area contributed by atoms with Crippen molar-refractivity contribution in [3.63, 3.8) is 0 Å². The topological polar surface area (TPSA) is 78.3 Å². The number of hydrogen-bond acceptors (Lipinski definition) is 5. The van der Waals surface area contributed by atoms with Gasteiger partial charge in [-0.25, -0.2) is 9.07 Å². The summed E-state index contributed by atoms with van der Waals surface area (Å²) < 4.78 is 25.6. The lowest BCUT2D eigenvalue weighted by Crippen LogP contribution is -2.35. The molecule has 0 unspecified atom stereocenters. The second-order valence-electron chi connectivity index (χ2n) is 7.20. The summed E-state index contributed by atoms with van der Waals surface area (Å²) >= 11 is 0. The smallest absolute Gasteiger partial charge is 0.257 e. The van der Waals surface area contributed by atoms with Gasteiger partial charge in [0.15, 0.2) is 6.61 Å². The van der Waals surface area contributed by atoms with Crippen LogP contribution in [0.2, 0.25) is 0 Å². The molecule has 156 valence electrons. The molecule has 0 radical (unpaired) electrons. The summed E-state index contributed by atoms with van der Waals surface area (Å²) in [5.41, 5.74) is 2.23. The van der Waals surface area contributed by atoms with Crippen LogP contribution in [0.5, 0.6) is 5.75 Å². The summed E-state index contributed by atoms with van der Waals surface area (Å²) in [6.45, 7) is 2.16. The average Bonchev–Trinajstić information content (AvgIpc) is 3.28. The highest BCUT2D eigenvalue weighted by atomic mass is 19.1. The van der Waals surface area contributed by atoms with E-state index in [9.17, 15) is 9.18 Å². The lowest BCUT2D eigenvalue weighted by atomic mass is 10.0. The van der Waals surface area contributed by atoms with Crippen LogP contribution in [0.4, 0.5) is 4.39 Å². The number of nitrogens with one attached hydrogen (secondary N) is 1. The van der Waals surface area contributed by atoms with Gasteiger partial charge in [-0.3, -0.25) is 4.79 Å². The third kappa shape index (κ3) is 5.21. The molecule has 0 bridgehead atoms. The van der Waals surface area contributed by atoms with Crippen LogP contribution in [0.15, 0.2) is 54.7 Å². The maximum Gasteiger partial charge on any atom is 0.257 e. The van der Waals surface area contributed by atoms with Crippen LogP contribution < -0.4 is 10.1 Å². The molecule has 3 aromatic rings. The van der Waals surface area contributed by atoms with Crippen LogP contribution in [-0.2, 0) is 9.53 Å². The lowest BCUT2D eigenvalue weighted by Gasteiger charge is -2.22. The van der Waals surface area contributed by atoms with Crippen molar-refractivity contribution in [2.75, 3.05) is 26.4 Å². The Labute approximate surface area is 173 Å². The van der Waals surface area contributed by atoms with Gasteiger partial charge in [0, 0.05) is 25.3 Å². The van der Waals surface area contributed by atoms with Crippen LogP contribution in [0, 0.1) is 11.7 Å². The van der Waals surface area contributed by atoms with Gasteiger partial charge in [-0.15, -0.1) is 5.10 Å². The molecule has 2 aromatic carbocycles. The van der Waals surface area contributed by atoms with E-state index in [1.54, 1.807) is 35.1 Å². The van der Waals surface area contributed by atoms with E-state index >= 15 is 0 Å². The minimum Gasteiger partial charge on any atom is -0.484 e. The van der Waals surface area contributed by atoms with Gasteiger partial charge >= 0.3 is 0 Å². The van der Waals surface area contributed by atoms with E-state index in [1.165, 1.54) is 12.1 Å². The Hall–Kier alpha value is -3.26. The minimum atomic E-state index is -0.293. The Balaban J connectivity index is 1.28. The quantitative estimate of drug-likeness (QED) is 0.648. The molecule has 1 N–H and O–H groups in total. The number of hydrogen-bond donors (Lipinski definition) is 1. The van der Waals surface area contributed by atoms with Crippen LogP contribution in [0.3, 0.4) is 0 Å². The van der Waals surface area contributed by atoms with Crippen LogP contribution in [0.1, 0.15) is 12.8 Å². The molecule has 0 aliphatic carbocycles. The molecule has 1 aromatic heterocycles. The van der Waals surface area contributed by atoms with Crippen molar-refractivity contribution < 1.29 is 18.7 Å². The van der Waals surface area contributed by atoms with E-state index < -0.39 is 0 Å². The standard InChI is InChI=1S/C22H23FN4O3/c23-18-3-1-17(2-4-18)21-14-27(26-25-21)19-5-7-20(8-6-19)30-15-22(28)24-13-16-9-11-29-12-10-16/h1-8,14,16H,9-13,15H2,(H,24,28). The fourth-order valence-corrected chi connectivity index (χ4v) is 3.25. The predicted molar refractivity (Wildman–Crippen MR) is 109 cm³/mol. The van der Waals surface area contributed by atoms with Gasteiger partial charge in [-0.2, -0.15) is 0 Å². The number of halogens is 1. The number of carbonyl (C=O) groups is 1. The Morgan fingerprint density at radius 2 is 1.87 bits per heavy atom. The van der Waals surface area contributed by atoms with E-state index in [2.05, 4.69) is 15.6 Å². The second-order valence-corrected chi connectivity index (χ2v) is 7.20. The number of nitrogens with zero attached hydrogens (tertiary/aromatic N) is 3. The van der Waals surface area contributed by atoms with E-state index in [0.717, 1.165) is 37.3 Å². The summed E-state index contributed by atoms with van der Waals surface area (Å²) in [4.78, 5) is 12.0. The van der Waals surface area contributed by atoms with Crippen molar-refractivity contribution in [2.24, 2.45) is 5.92 Å². The lowest BCUT2D eigenvalue weighted by molar-refractivity contribution is -0.123. The highest BCUT2D eigenvalue weighted by Crippen LogP contribution is 2.20. The number of carbonyl (C=O) groups excluding carboxylic acids is 1. The first-order chi connectivity index (χ1) is 14.7. The van der Waals surface area contributed by atoms with E-state index in [4.69, 9.17) is 9.47 Å². The SMILES string of the molecule is O=C(COc1ccc(-n2cc(-c3ccc(F)cc3)nn2)cc1)NCC1CCOCC1. The van der Waals surface area contributed by atoms with E-state index in [-0.39, 0.29) is 18.3 Å². The van der Waals surface area contributed by atoms with Gasteiger partial charge in [-0.05, 0) is 67.3 Å². The van der Waals surface area contributed by atoms with Gasteiger partial charge in [0.05, 0.1) is 11.9 Å². The molecule has 1 amide bonds. The summed E-state index contributed by atoms with van der Waals surface area (Å²) in [6, 6.07) is 13.3. The van der Waals surface area contributed by atoms with E-state index in [0.29, 0.717) is 23.9 Å². The monoisotopic (exact) mass is 410 g/mol. The molecule has 8 heteroatoms. The predicted octanol–water partition coefficient (Wildman–Crippen LogP) is 3.00. The molecule has 1 aliphatic rings. The first-order valence-corrected chi connectivity index (χ1v) is 9.93. The van der Waals surface area contributed by atoms with Crippen molar-refractivity contribution in [1.82, 2.24) is 20.3 Å². The van der Waals surface area contributed by atoms with Crippen molar-refractivity contribution in [2.45, 2.75) is 12.8 Å². The number of aromatic nitrogens is 3. The summed E-state index contributed by atoms with van der Waals surface area (Å²) in [5.74, 6) is 0.646. The zero-order valence-corrected chi connectivity index (χ0v) is 16.5.